The molecule has 72 valence electrons. The van der Waals surface area contributed by atoms with Gasteiger partial charge in [-0.25, -0.2) is 0 Å². The van der Waals surface area contributed by atoms with Crippen LogP contribution in [0.5, 0.6) is 0 Å². The summed E-state index contributed by atoms with van der Waals surface area (Å²) in [5.74, 6) is 7.35. The number of hydrogen-bond donors (Lipinski definition) is 0. The quantitative estimate of drug-likeness (QED) is 0.564. The molecule has 13 heavy (non-hydrogen) atoms. The molecule has 0 radical (unpaired) electrons. The molecule has 1 aliphatic rings. The molecule has 1 nitrogen and oxygen atoms in total. The Morgan fingerprint density at radius 1 is 1.46 bits per heavy atom. The highest BCUT2D eigenvalue weighted by atomic mass is 16.1. The van der Waals surface area contributed by atoms with Crippen molar-refractivity contribution in [2.45, 2.75) is 46.5 Å². The first-order valence-electron chi connectivity index (χ1n) is 4.99. The molecule has 1 saturated carbocycles. The summed E-state index contributed by atoms with van der Waals surface area (Å²) < 4.78 is 0. The average Bonchev–Trinajstić information content (AvgIpc) is 2.33. The van der Waals surface area contributed by atoms with E-state index in [1.54, 1.807) is 0 Å². The minimum absolute atomic E-state index is 0.0998. The maximum atomic E-state index is 11.0. The summed E-state index contributed by atoms with van der Waals surface area (Å²) in [4.78, 5) is 11.0. The predicted octanol–water partition coefficient (Wildman–Crippen LogP) is 2.80. The van der Waals surface area contributed by atoms with Crippen LogP contribution < -0.4 is 0 Å². The number of Topliss-reactive ketones (excluding diaryl/α,β-unsaturated/α-hetero) is 1. The van der Waals surface area contributed by atoms with Crippen molar-refractivity contribution in [3.05, 3.63) is 0 Å². The third-order valence-corrected chi connectivity index (χ3v) is 2.20. The monoisotopic (exact) mass is 178 g/mol. The van der Waals surface area contributed by atoms with Gasteiger partial charge >= 0.3 is 0 Å². The fourth-order valence-electron chi connectivity index (χ4n) is 1.53. The summed E-state index contributed by atoms with van der Waals surface area (Å²) in [5.41, 5.74) is 0.0998. The maximum absolute atomic E-state index is 11.0. The Morgan fingerprint density at radius 3 is 2.62 bits per heavy atom. The van der Waals surface area contributed by atoms with Crippen LogP contribution in [0.1, 0.15) is 46.5 Å². The van der Waals surface area contributed by atoms with Gasteiger partial charge in [0.25, 0.3) is 0 Å². The number of rotatable bonds is 1. The third kappa shape index (κ3) is 4.12. The highest BCUT2D eigenvalue weighted by molar-refractivity contribution is 5.80. The van der Waals surface area contributed by atoms with Gasteiger partial charge in [-0.05, 0) is 33.1 Å². The third-order valence-electron chi connectivity index (χ3n) is 2.20. The van der Waals surface area contributed by atoms with Crippen molar-refractivity contribution in [1.29, 1.82) is 0 Å². The molecule has 0 bridgehead atoms. The summed E-state index contributed by atoms with van der Waals surface area (Å²) in [6.45, 7) is 6.33. The Labute approximate surface area is 80.9 Å². The minimum Gasteiger partial charge on any atom is -0.300 e. The first-order chi connectivity index (χ1) is 5.97. The van der Waals surface area contributed by atoms with Crippen molar-refractivity contribution >= 4 is 5.78 Å². The summed E-state index contributed by atoms with van der Waals surface area (Å²) in [5, 5.41) is 0. The molecule has 0 aromatic heterocycles. The van der Waals surface area contributed by atoms with Crippen LogP contribution in [0.25, 0.3) is 0 Å². The van der Waals surface area contributed by atoms with Crippen LogP contribution >= 0.6 is 0 Å². The minimum atomic E-state index is 0.0998. The molecule has 0 spiro atoms. The Balaban J connectivity index is 2.33. The molecule has 0 N–H and O–H groups in total. The van der Waals surface area contributed by atoms with Crippen molar-refractivity contribution < 1.29 is 4.79 Å². The van der Waals surface area contributed by atoms with Crippen molar-refractivity contribution in [3.8, 4) is 11.8 Å². The number of carbonyl (C=O) groups is 1. The summed E-state index contributed by atoms with van der Waals surface area (Å²) >= 11 is 0. The van der Waals surface area contributed by atoms with Gasteiger partial charge in [-0.3, -0.25) is 4.79 Å². The molecule has 1 unspecified atom stereocenters. The van der Waals surface area contributed by atoms with E-state index in [-0.39, 0.29) is 5.41 Å². The van der Waals surface area contributed by atoms with E-state index in [1.165, 1.54) is 0 Å². The Hall–Kier alpha value is -0.770. The second-order valence-electron chi connectivity index (χ2n) is 4.90. The van der Waals surface area contributed by atoms with Gasteiger partial charge in [-0.15, -0.1) is 5.92 Å². The highest BCUT2D eigenvalue weighted by Crippen LogP contribution is 2.24. The molecule has 0 saturated heterocycles. The molecule has 0 aliphatic heterocycles. The first-order valence-corrected chi connectivity index (χ1v) is 4.99. The lowest BCUT2D eigenvalue weighted by Crippen LogP contribution is -2.00. The molecule has 0 aromatic carbocycles. The zero-order chi connectivity index (χ0) is 9.90. The van der Waals surface area contributed by atoms with Crippen LogP contribution in [0.2, 0.25) is 0 Å². The molecule has 0 amide bonds. The van der Waals surface area contributed by atoms with E-state index < -0.39 is 0 Å². The van der Waals surface area contributed by atoms with Crippen molar-refractivity contribution in [2.24, 2.45) is 11.3 Å². The van der Waals surface area contributed by atoms with Crippen LogP contribution in [0.15, 0.2) is 0 Å². The van der Waals surface area contributed by atoms with E-state index in [4.69, 9.17) is 0 Å². The molecule has 1 aliphatic carbocycles. The van der Waals surface area contributed by atoms with Gasteiger partial charge in [0.05, 0.1) is 0 Å². The molecule has 1 fully saturated rings. The number of carbonyl (C=O) groups excluding carboxylic acids is 1. The van der Waals surface area contributed by atoms with E-state index in [1.807, 2.05) is 0 Å². The van der Waals surface area contributed by atoms with Gasteiger partial charge in [0.2, 0.25) is 0 Å². The van der Waals surface area contributed by atoms with Crippen LogP contribution in [0.4, 0.5) is 0 Å². The van der Waals surface area contributed by atoms with E-state index >= 15 is 0 Å². The molecule has 1 atom stereocenters. The second-order valence-corrected chi connectivity index (χ2v) is 4.90. The fourth-order valence-corrected chi connectivity index (χ4v) is 1.53. The first kappa shape index (κ1) is 10.3. The SMILES string of the molecule is CC(C)(C)C#CCC1CCC(=O)C1. The van der Waals surface area contributed by atoms with E-state index in [9.17, 15) is 4.79 Å². The van der Waals surface area contributed by atoms with Crippen molar-refractivity contribution in [3.63, 3.8) is 0 Å². The lowest BCUT2D eigenvalue weighted by Gasteiger charge is -2.07. The Bertz CT molecular complexity index is 247. The Kier molecular flexibility index (Phi) is 3.14. The van der Waals surface area contributed by atoms with Crippen LogP contribution in [-0.2, 0) is 4.79 Å². The van der Waals surface area contributed by atoms with E-state index in [0.717, 1.165) is 25.7 Å². The molecular weight excluding hydrogens is 160 g/mol. The smallest absolute Gasteiger partial charge is 0.133 e. The second kappa shape index (κ2) is 3.96. The van der Waals surface area contributed by atoms with Gasteiger partial charge in [0.15, 0.2) is 0 Å². The maximum Gasteiger partial charge on any atom is 0.133 e. The highest BCUT2D eigenvalue weighted by Gasteiger charge is 2.20. The van der Waals surface area contributed by atoms with E-state index in [2.05, 4.69) is 32.6 Å². The van der Waals surface area contributed by atoms with Gasteiger partial charge in [-0.2, -0.15) is 0 Å². The summed E-state index contributed by atoms with van der Waals surface area (Å²) in [7, 11) is 0. The molecule has 1 rings (SSSR count). The topological polar surface area (TPSA) is 17.1 Å². The van der Waals surface area contributed by atoms with Crippen molar-refractivity contribution in [2.75, 3.05) is 0 Å². The molecule has 0 aromatic rings. The largest absolute Gasteiger partial charge is 0.300 e. The number of hydrogen-bond acceptors (Lipinski definition) is 1. The average molecular weight is 178 g/mol. The van der Waals surface area contributed by atoms with Gasteiger partial charge < -0.3 is 0 Å². The van der Waals surface area contributed by atoms with Crippen LogP contribution in [-0.4, -0.2) is 5.78 Å². The predicted molar refractivity (Wildman–Crippen MR) is 54.2 cm³/mol. The van der Waals surface area contributed by atoms with Crippen LogP contribution in [0.3, 0.4) is 0 Å². The van der Waals surface area contributed by atoms with E-state index in [0.29, 0.717) is 11.7 Å². The standard InChI is InChI=1S/C12H18O/c1-12(2,3)8-4-5-10-6-7-11(13)9-10/h10H,5-7,9H2,1-3H3. The summed E-state index contributed by atoms with van der Waals surface area (Å²) in [6.07, 6.45) is 3.50. The number of ketones is 1. The zero-order valence-electron chi connectivity index (χ0n) is 8.81. The van der Waals surface area contributed by atoms with Crippen LogP contribution in [0, 0.1) is 23.2 Å². The fraction of sp³-hybridized carbons (Fsp3) is 0.750. The Morgan fingerprint density at radius 2 is 2.15 bits per heavy atom. The lowest BCUT2D eigenvalue weighted by atomic mass is 9.96. The zero-order valence-corrected chi connectivity index (χ0v) is 8.81. The normalized spacial score (nSPS) is 22.7. The van der Waals surface area contributed by atoms with Crippen molar-refractivity contribution in [1.82, 2.24) is 0 Å². The molecular formula is C12H18O. The molecule has 0 heterocycles. The van der Waals surface area contributed by atoms with Gasteiger partial charge in [0.1, 0.15) is 5.78 Å². The lowest BCUT2D eigenvalue weighted by molar-refractivity contribution is -0.117. The summed E-state index contributed by atoms with van der Waals surface area (Å²) in [6, 6.07) is 0. The van der Waals surface area contributed by atoms with Gasteiger partial charge in [0, 0.05) is 24.7 Å². The molecule has 1 heteroatoms. The van der Waals surface area contributed by atoms with Gasteiger partial charge in [-0.1, -0.05) is 5.92 Å².